The van der Waals surface area contributed by atoms with E-state index < -0.39 is 0 Å². The van der Waals surface area contributed by atoms with Crippen molar-refractivity contribution in [2.24, 2.45) is 17.8 Å². The molecule has 0 aromatic rings. The molecule has 1 saturated heterocycles. The van der Waals surface area contributed by atoms with Crippen molar-refractivity contribution in [1.29, 1.82) is 0 Å². The molecule has 0 aromatic carbocycles. The molecule has 0 bridgehead atoms. The molecule has 0 unspecified atom stereocenters. The van der Waals surface area contributed by atoms with Gasteiger partial charge in [0.15, 0.2) is 0 Å². The number of ether oxygens (including phenoxy) is 1. The maximum absolute atomic E-state index is 9.16. The molecule has 1 fully saturated rings. The molecular weight excluding hydrogens is 192 g/mol. The SMILES string of the molecule is C[C@H](CO)[C@@H]1CC[C@H](C)[C@@H]([C@@H](C)CO)O1. The van der Waals surface area contributed by atoms with Crippen molar-refractivity contribution in [3.05, 3.63) is 0 Å². The molecular formula is C12H24O3. The Hall–Kier alpha value is -0.120. The summed E-state index contributed by atoms with van der Waals surface area (Å²) in [6.45, 7) is 6.57. The second kappa shape index (κ2) is 5.83. The minimum absolute atomic E-state index is 0.141. The van der Waals surface area contributed by atoms with Crippen LogP contribution in [0.3, 0.4) is 0 Å². The minimum atomic E-state index is 0.141. The van der Waals surface area contributed by atoms with E-state index in [0.717, 1.165) is 12.8 Å². The molecule has 0 saturated carbocycles. The van der Waals surface area contributed by atoms with Crippen LogP contribution in [0.1, 0.15) is 33.6 Å². The van der Waals surface area contributed by atoms with Crippen molar-refractivity contribution in [2.75, 3.05) is 13.2 Å². The van der Waals surface area contributed by atoms with Gasteiger partial charge in [0, 0.05) is 25.0 Å². The zero-order chi connectivity index (χ0) is 11.4. The average Bonchev–Trinajstić information content (AvgIpc) is 2.27. The highest BCUT2D eigenvalue weighted by Gasteiger charge is 2.33. The Kier molecular flexibility index (Phi) is 5.03. The molecule has 0 aliphatic carbocycles. The van der Waals surface area contributed by atoms with Gasteiger partial charge in [0.05, 0.1) is 12.2 Å². The van der Waals surface area contributed by atoms with Crippen molar-refractivity contribution < 1.29 is 14.9 Å². The van der Waals surface area contributed by atoms with E-state index in [9.17, 15) is 0 Å². The average molecular weight is 216 g/mol. The first-order valence-corrected chi connectivity index (χ1v) is 5.97. The molecule has 0 amide bonds. The highest BCUT2D eigenvalue weighted by molar-refractivity contribution is 4.81. The monoisotopic (exact) mass is 216 g/mol. The van der Waals surface area contributed by atoms with E-state index in [-0.39, 0.29) is 37.3 Å². The van der Waals surface area contributed by atoms with Gasteiger partial charge in [-0.25, -0.2) is 0 Å². The second-order valence-corrected chi connectivity index (χ2v) is 5.01. The van der Waals surface area contributed by atoms with Gasteiger partial charge < -0.3 is 14.9 Å². The number of hydrogen-bond donors (Lipinski definition) is 2. The Labute approximate surface area is 92.4 Å². The highest BCUT2D eigenvalue weighted by Crippen LogP contribution is 2.32. The standard InChI is InChI=1S/C12H24O3/c1-8-4-5-11(9(2)6-13)15-12(8)10(3)7-14/h8-14H,4-7H2,1-3H3/t8-,9+,10-,11-,12-/m0/s1. The van der Waals surface area contributed by atoms with E-state index >= 15 is 0 Å². The fourth-order valence-electron chi connectivity index (χ4n) is 2.33. The summed E-state index contributed by atoms with van der Waals surface area (Å²) < 4.78 is 5.98. The van der Waals surface area contributed by atoms with Gasteiger partial charge in [-0.05, 0) is 18.8 Å². The summed E-state index contributed by atoms with van der Waals surface area (Å²) in [6.07, 6.45) is 2.45. The molecule has 0 aromatic heterocycles. The maximum Gasteiger partial charge on any atom is 0.0651 e. The smallest absolute Gasteiger partial charge is 0.0651 e. The lowest BCUT2D eigenvalue weighted by atomic mass is 9.84. The number of aliphatic hydroxyl groups is 2. The Bertz CT molecular complexity index is 180. The van der Waals surface area contributed by atoms with Gasteiger partial charge in [0.25, 0.3) is 0 Å². The molecule has 90 valence electrons. The predicted octanol–water partition coefficient (Wildman–Crippen LogP) is 1.43. The topological polar surface area (TPSA) is 49.7 Å². The molecule has 1 rings (SSSR count). The summed E-state index contributed by atoms with van der Waals surface area (Å²) in [6, 6.07) is 0. The van der Waals surface area contributed by atoms with Crippen molar-refractivity contribution in [3.8, 4) is 0 Å². The first kappa shape index (κ1) is 12.9. The van der Waals surface area contributed by atoms with Crippen molar-refractivity contribution in [3.63, 3.8) is 0 Å². The van der Waals surface area contributed by atoms with Crippen LogP contribution in [0.5, 0.6) is 0 Å². The van der Waals surface area contributed by atoms with Gasteiger partial charge in [-0.2, -0.15) is 0 Å². The van der Waals surface area contributed by atoms with Gasteiger partial charge in [-0.15, -0.1) is 0 Å². The minimum Gasteiger partial charge on any atom is -0.396 e. The van der Waals surface area contributed by atoms with Crippen molar-refractivity contribution in [2.45, 2.75) is 45.8 Å². The number of hydrogen-bond acceptors (Lipinski definition) is 3. The van der Waals surface area contributed by atoms with Gasteiger partial charge in [0.2, 0.25) is 0 Å². The summed E-state index contributed by atoms with van der Waals surface area (Å²) in [5, 5.41) is 18.3. The van der Waals surface area contributed by atoms with Crippen LogP contribution in [0.2, 0.25) is 0 Å². The first-order valence-electron chi connectivity index (χ1n) is 5.97. The Morgan fingerprint density at radius 2 is 1.73 bits per heavy atom. The van der Waals surface area contributed by atoms with Crippen LogP contribution in [-0.2, 0) is 4.74 Å². The zero-order valence-electron chi connectivity index (χ0n) is 10.0. The van der Waals surface area contributed by atoms with E-state index in [0.29, 0.717) is 5.92 Å². The molecule has 3 nitrogen and oxygen atoms in total. The van der Waals surface area contributed by atoms with Crippen LogP contribution in [0, 0.1) is 17.8 Å². The molecule has 1 aliphatic rings. The summed E-state index contributed by atoms with van der Waals surface area (Å²) in [5.41, 5.74) is 0. The highest BCUT2D eigenvalue weighted by atomic mass is 16.5. The van der Waals surface area contributed by atoms with Crippen LogP contribution in [0.25, 0.3) is 0 Å². The molecule has 0 spiro atoms. The molecule has 2 N–H and O–H groups in total. The van der Waals surface area contributed by atoms with Crippen LogP contribution >= 0.6 is 0 Å². The summed E-state index contributed by atoms with van der Waals surface area (Å²) in [7, 11) is 0. The Balaban J connectivity index is 2.55. The van der Waals surface area contributed by atoms with Crippen molar-refractivity contribution >= 4 is 0 Å². The quantitative estimate of drug-likeness (QED) is 0.747. The lowest BCUT2D eigenvalue weighted by molar-refractivity contribution is -0.132. The molecule has 15 heavy (non-hydrogen) atoms. The van der Waals surface area contributed by atoms with E-state index in [4.69, 9.17) is 14.9 Å². The Morgan fingerprint density at radius 1 is 1.13 bits per heavy atom. The summed E-state index contributed by atoms with van der Waals surface area (Å²) in [4.78, 5) is 0. The van der Waals surface area contributed by atoms with Gasteiger partial charge in [-0.3, -0.25) is 0 Å². The van der Waals surface area contributed by atoms with Crippen LogP contribution in [0.15, 0.2) is 0 Å². The lowest BCUT2D eigenvalue weighted by Crippen LogP contribution is -2.42. The van der Waals surface area contributed by atoms with Crippen LogP contribution < -0.4 is 0 Å². The fraction of sp³-hybridized carbons (Fsp3) is 1.00. The molecule has 1 aliphatic heterocycles. The largest absolute Gasteiger partial charge is 0.396 e. The van der Waals surface area contributed by atoms with Gasteiger partial charge in [0.1, 0.15) is 0 Å². The van der Waals surface area contributed by atoms with Crippen LogP contribution in [0.4, 0.5) is 0 Å². The molecule has 1 heterocycles. The number of rotatable bonds is 4. The second-order valence-electron chi connectivity index (χ2n) is 5.01. The van der Waals surface area contributed by atoms with E-state index in [1.54, 1.807) is 0 Å². The van der Waals surface area contributed by atoms with Crippen molar-refractivity contribution in [1.82, 2.24) is 0 Å². The zero-order valence-corrected chi connectivity index (χ0v) is 10.0. The normalized spacial score (nSPS) is 36.2. The van der Waals surface area contributed by atoms with Gasteiger partial charge >= 0.3 is 0 Å². The Morgan fingerprint density at radius 3 is 2.27 bits per heavy atom. The molecule has 0 radical (unpaired) electrons. The third-order valence-electron chi connectivity index (χ3n) is 3.57. The fourth-order valence-corrected chi connectivity index (χ4v) is 2.33. The number of aliphatic hydroxyl groups excluding tert-OH is 2. The third-order valence-corrected chi connectivity index (χ3v) is 3.57. The first-order chi connectivity index (χ1) is 7.10. The predicted molar refractivity (Wildman–Crippen MR) is 59.6 cm³/mol. The van der Waals surface area contributed by atoms with Crippen LogP contribution in [-0.4, -0.2) is 35.6 Å². The van der Waals surface area contributed by atoms with E-state index in [1.165, 1.54) is 0 Å². The van der Waals surface area contributed by atoms with Gasteiger partial charge in [-0.1, -0.05) is 20.8 Å². The summed E-state index contributed by atoms with van der Waals surface area (Å²) >= 11 is 0. The maximum atomic E-state index is 9.16. The van der Waals surface area contributed by atoms with E-state index in [2.05, 4.69) is 6.92 Å². The molecule has 3 heteroatoms. The van der Waals surface area contributed by atoms with E-state index in [1.807, 2.05) is 13.8 Å². The summed E-state index contributed by atoms with van der Waals surface area (Å²) in [5.74, 6) is 0.897. The third kappa shape index (κ3) is 3.16. The molecule has 5 atom stereocenters. The lowest BCUT2D eigenvalue weighted by Gasteiger charge is -2.39.